The number of carboxylic acids is 1. The molecule has 0 unspecified atom stereocenters. The Labute approximate surface area is 391 Å². The molecule has 4 aromatic carbocycles. The van der Waals surface area contributed by atoms with Crippen molar-refractivity contribution >= 4 is 35.7 Å². The fraction of sp³-hybridized carbons (Fsp3) is 0.388. The van der Waals surface area contributed by atoms with E-state index in [9.17, 15) is 45.9 Å². The number of nitrogens with one attached hydrogen (secondary N) is 3. The molecule has 6 rings (SSSR count). The van der Waals surface area contributed by atoms with Crippen molar-refractivity contribution < 1.29 is 60.6 Å². The molecule has 14 nitrogen and oxygen atoms in total. The number of aliphatic carboxylic acids is 1. The van der Waals surface area contributed by atoms with Crippen LogP contribution in [0.2, 0.25) is 0 Å². The van der Waals surface area contributed by atoms with Gasteiger partial charge in [0.1, 0.15) is 17.2 Å². The third-order valence-electron chi connectivity index (χ3n) is 10.5. The molecule has 2 fully saturated rings. The Hall–Kier alpha value is -6.89. The molecule has 0 saturated carbocycles. The molecule has 2 heterocycles. The van der Waals surface area contributed by atoms with Gasteiger partial charge in [0.25, 0.3) is 11.8 Å². The number of hydrogen-bond acceptors (Lipinski definition) is 8. The highest BCUT2D eigenvalue weighted by atomic mass is 19.4. The largest absolute Gasteiger partial charge is 0.490 e. The highest BCUT2D eigenvalue weighted by Gasteiger charge is 2.38. The summed E-state index contributed by atoms with van der Waals surface area (Å²) in [6, 6.07) is 29.4. The summed E-state index contributed by atoms with van der Waals surface area (Å²) in [5.41, 5.74) is 7.45. The fourth-order valence-corrected chi connectivity index (χ4v) is 7.22. The number of alkyl carbamates (subject to hydrolysis) is 1. The van der Waals surface area contributed by atoms with Gasteiger partial charge in [-0.25, -0.2) is 18.4 Å². The number of halogens is 5. The van der Waals surface area contributed by atoms with E-state index in [2.05, 4.69) is 16.0 Å². The van der Waals surface area contributed by atoms with Crippen molar-refractivity contribution in [3.05, 3.63) is 143 Å². The molecular weight excluding hydrogens is 896 g/mol. The highest BCUT2D eigenvalue weighted by molar-refractivity contribution is 5.95. The number of rotatable bonds is 13. The number of carbonyl (C=O) groups is 6. The number of alkyl halides is 3. The Morgan fingerprint density at radius 1 is 0.662 bits per heavy atom. The zero-order valence-electron chi connectivity index (χ0n) is 37.9. The van der Waals surface area contributed by atoms with Crippen molar-refractivity contribution in [1.82, 2.24) is 25.8 Å². The van der Waals surface area contributed by atoms with E-state index in [0.29, 0.717) is 67.7 Å². The number of amides is 5. The Balaban J connectivity index is 0.000000265. The Bertz CT molecular complexity index is 2320. The average Bonchev–Trinajstić information content (AvgIpc) is 3.96. The van der Waals surface area contributed by atoms with E-state index in [1.54, 1.807) is 103 Å². The van der Waals surface area contributed by atoms with Crippen LogP contribution < -0.4 is 21.7 Å². The first-order chi connectivity index (χ1) is 32.1. The lowest BCUT2D eigenvalue weighted by molar-refractivity contribution is -0.192. The molecule has 2 aliphatic heterocycles. The lowest BCUT2D eigenvalue weighted by Gasteiger charge is -2.25. The van der Waals surface area contributed by atoms with Crippen molar-refractivity contribution in [2.75, 3.05) is 26.2 Å². The SMILES string of the molecule is CC(C)(C)OC(=O)N[C@@H](CC(=O)N1CC[C@H](NC(=O)c2ccccc2)C1)Cc1ccccc1F.N[C@@H](CC(=O)N1CC[C@H](NC(=O)c2ccccc2)C1)Cc1ccccc1F.O=C(O)C(F)(F)F. The summed E-state index contributed by atoms with van der Waals surface area (Å²) >= 11 is 0. The van der Waals surface area contributed by atoms with Gasteiger partial charge in [0.15, 0.2) is 0 Å². The Kier molecular flexibility index (Phi) is 20.0. The zero-order valence-corrected chi connectivity index (χ0v) is 37.9. The molecule has 68 heavy (non-hydrogen) atoms. The number of nitrogens with two attached hydrogens (primary N) is 1. The van der Waals surface area contributed by atoms with Crippen molar-refractivity contribution in [1.29, 1.82) is 0 Å². The standard InChI is InChI=1S/C26H32FN3O4.C21H24FN3O2.C2HF3O2/c1-26(2,3)34-25(33)29-21(15-19-11-7-8-12-22(19)27)16-23(31)30-14-13-20(17-30)28-24(32)18-9-5-4-6-10-18;22-19-9-5-4-8-16(19)12-17(23)13-20(26)25-11-10-18(14-25)24-21(27)15-6-2-1-3-7-15;3-2(4,5)1(6)7/h4-12,20-21H,13-17H2,1-3H3,(H,28,32)(H,29,33);1-9,17-18H,10-14,23H2,(H,24,27);(H,6,7)/t20-,21+;17-,18+;/m01./s1. The van der Waals surface area contributed by atoms with E-state index in [-0.39, 0.29) is 60.8 Å². The second kappa shape index (κ2) is 25.3. The minimum Gasteiger partial charge on any atom is -0.475 e. The molecule has 4 atom stereocenters. The highest BCUT2D eigenvalue weighted by Crippen LogP contribution is 2.18. The third kappa shape index (κ3) is 18.4. The minimum atomic E-state index is -5.08. The molecule has 2 aliphatic rings. The molecule has 4 aromatic rings. The number of carboxylic acid groups (broad SMARTS) is 1. The van der Waals surface area contributed by atoms with E-state index >= 15 is 0 Å². The van der Waals surface area contributed by atoms with Crippen LogP contribution >= 0.6 is 0 Å². The first-order valence-corrected chi connectivity index (χ1v) is 21.9. The maximum Gasteiger partial charge on any atom is 0.490 e. The van der Waals surface area contributed by atoms with Gasteiger partial charge < -0.3 is 41.3 Å². The molecule has 19 heteroatoms. The van der Waals surface area contributed by atoms with Gasteiger partial charge >= 0.3 is 18.2 Å². The van der Waals surface area contributed by atoms with Gasteiger partial charge in [-0.05, 0) is 94.0 Å². The van der Waals surface area contributed by atoms with Gasteiger partial charge in [-0.3, -0.25) is 19.2 Å². The lowest BCUT2D eigenvalue weighted by Crippen LogP contribution is -2.44. The van der Waals surface area contributed by atoms with Crippen LogP contribution in [-0.2, 0) is 32.0 Å². The van der Waals surface area contributed by atoms with Crippen molar-refractivity contribution in [2.24, 2.45) is 5.73 Å². The molecule has 0 radical (unpaired) electrons. The normalized spacial score (nSPS) is 16.4. The van der Waals surface area contributed by atoms with Crippen LogP contribution in [0.25, 0.3) is 0 Å². The van der Waals surface area contributed by atoms with Gasteiger partial charge in [0.2, 0.25) is 11.8 Å². The summed E-state index contributed by atoms with van der Waals surface area (Å²) < 4.78 is 65.0. The summed E-state index contributed by atoms with van der Waals surface area (Å²) in [5, 5.41) is 15.8. The van der Waals surface area contributed by atoms with Crippen LogP contribution in [0.5, 0.6) is 0 Å². The fourth-order valence-electron chi connectivity index (χ4n) is 7.22. The van der Waals surface area contributed by atoms with E-state index in [1.165, 1.54) is 12.1 Å². The predicted molar refractivity (Wildman–Crippen MR) is 242 cm³/mol. The second-order valence-corrected chi connectivity index (χ2v) is 17.2. The van der Waals surface area contributed by atoms with E-state index in [4.69, 9.17) is 20.4 Å². The molecule has 0 aromatic heterocycles. The number of likely N-dealkylation sites (tertiary alicyclic amines) is 2. The maximum absolute atomic E-state index is 14.2. The quantitative estimate of drug-likeness (QED) is 0.0937. The van der Waals surface area contributed by atoms with Gasteiger partial charge in [0, 0.05) is 74.3 Å². The Morgan fingerprint density at radius 3 is 1.47 bits per heavy atom. The number of carbonyl (C=O) groups excluding carboxylic acids is 5. The van der Waals surface area contributed by atoms with Crippen LogP contribution in [0.3, 0.4) is 0 Å². The first kappa shape index (κ1) is 53.7. The van der Waals surface area contributed by atoms with Crippen LogP contribution in [0, 0.1) is 11.6 Å². The molecule has 0 bridgehead atoms. The zero-order chi connectivity index (χ0) is 50.0. The van der Waals surface area contributed by atoms with Crippen LogP contribution in [-0.4, -0.2) is 113 Å². The molecule has 366 valence electrons. The number of hydrogen-bond donors (Lipinski definition) is 5. The van der Waals surface area contributed by atoms with Gasteiger partial charge in [0.05, 0.1) is 0 Å². The monoisotopic (exact) mass is 952 g/mol. The number of benzene rings is 4. The van der Waals surface area contributed by atoms with E-state index in [0.717, 1.165) is 0 Å². The molecular formula is C49H57F5N6O8. The third-order valence-corrected chi connectivity index (χ3v) is 10.5. The smallest absolute Gasteiger partial charge is 0.475 e. The van der Waals surface area contributed by atoms with Crippen molar-refractivity contribution in [3.8, 4) is 0 Å². The van der Waals surface area contributed by atoms with Gasteiger partial charge in [-0.2, -0.15) is 13.2 Å². The molecule has 6 N–H and O–H groups in total. The average molecular weight is 953 g/mol. The maximum atomic E-state index is 14.2. The van der Waals surface area contributed by atoms with Crippen molar-refractivity contribution in [3.63, 3.8) is 0 Å². The van der Waals surface area contributed by atoms with Crippen LogP contribution in [0.4, 0.5) is 26.7 Å². The summed E-state index contributed by atoms with van der Waals surface area (Å²) in [6.45, 7) is 7.19. The minimum absolute atomic E-state index is 0.00702. The molecule has 2 saturated heterocycles. The summed E-state index contributed by atoms with van der Waals surface area (Å²) in [4.78, 5) is 74.8. The summed E-state index contributed by atoms with van der Waals surface area (Å²) in [6.07, 6.45) is -3.76. The summed E-state index contributed by atoms with van der Waals surface area (Å²) in [5.74, 6) is -3.99. The predicted octanol–water partition coefficient (Wildman–Crippen LogP) is 6.43. The van der Waals surface area contributed by atoms with E-state index < -0.39 is 41.7 Å². The van der Waals surface area contributed by atoms with Crippen LogP contribution in [0.15, 0.2) is 109 Å². The van der Waals surface area contributed by atoms with Crippen LogP contribution in [0.1, 0.15) is 78.3 Å². The molecule has 0 aliphatic carbocycles. The molecule has 5 amide bonds. The number of ether oxygens (including phenoxy) is 1. The van der Waals surface area contributed by atoms with E-state index in [1.807, 2.05) is 24.3 Å². The van der Waals surface area contributed by atoms with Gasteiger partial charge in [-0.15, -0.1) is 0 Å². The first-order valence-electron chi connectivity index (χ1n) is 21.9. The lowest BCUT2D eigenvalue weighted by atomic mass is 10.0. The van der Waals surface area contributed by atoms with Gasteiger partial charge in [-0.1, -0.05) is 72.8 Å². The van der Waals surface area contributed by atoms with Crippen molar-refractivity contribution in [2.45, 2.75) is 95.2 Å². The number of nitrogens with zero attached hydrogens (tertiary/aromatic N) is 2. The Morgan fingerprint density at radius 2 is 1.06 bits per heavy atom. The summed E-state index contributed by atoms with van der Waals surface area (Å²) in [7, 11) is 0. The topological polar surface area (TPSA) is 200 Å². The molecule has 0 spiro atoms. The second-order valence-electron chi connectivity index (χ2n) is 17.2.